The van der Waals surface area contributed by atoms with E-state index in [1.807, 2.05) is 26.8 Å². The van der Waals surface area contributed by atoms with E-state index in [1.165, 1.54) is 4.31 Å². The fraction of sp³-hybridized carbons (Fsp3) is 0.458. The van der Waals surface area contributed by atoms with Crippen LogP contribution < -0.4 is 14.4 Å². The summed E-state index contributed by atoms with van der Waals surface area (Å²) in [7, 11) is -3.86. The van der Waals surface area contributed by atoms with Gasteiger partial charge in [0.05, 0.1) is 17.1 Å². The second kappa shape index (κ2) is 8.19. The topological polar surface area (TPSA) is 75.7 Å². The second-order valence-corrected chi connectivity index (χ2v) is 11.9. The number of anilines is 1. The smallest absolute Gasteiger partial charge is 0.264 e. The fourth-order valence-electron chi connectivity index (χ4n) is 4.23. The molecule has 168 valence electrons. The molecule has 0 spiro atoms. The van der Waals surface area contributed by atoms with Gasteiger partial charge >= 0.3 is 0 Å². The average molecular weight is 445 g/mol. The van der Waals surface area contributed by atoms with Crippen molar-refractivity contribution in [3.05, 3.63) is 54.1 Å². The number of sulfonamides is 1. The lowest BCUT2D eigenvalue weighted by atomic mass is 9.81. The highest BCUT2D eigenvalue weighted by molar-refractivity contribution is 7.92. The van der Waals surface area contributed by atoms with Gasteiger partial charge in [-0.2, -0.15) is 0 Å². The second-order valence-electron chi connectivity index (χ2n) is 10.0. The maximum Gasteiger partial charge on any atom is 0.264 e. The Hall–Kier alpha value is -2.54. The summed E-state index contributed by atoms with van der Waals surface area (Å²) in [5.41, 5.74) is 0.915. The number of benzene rings is 2. The molecule has 0 saturated carbocycles. The summed E-state index contributed by atoms with van der Waals surface area (Å²) in [5.74, 6) is 0.0545. The van der Waals surface area contributed by atoms with E-state index in [1.54, 1.807) is 42.5 Å². The molecule has 2 aromatic rings. The van der Waals surface area contributed by atoms with E-state index in [-0.39, 0.29) is 22.8 Å². The van der Waals surface area contributed by atoms with Crippen LogP contribution >= 0.6 is 0 Å². The molecule has 0 saturated heterocycles. The van der Waals surface area contributed by atoms with Crippen LogP contribution in [0, 0.1) is 12.3 Å². The van der Waals surface area contributed by atoms with E-state index in [2.05, 4.69) is 26.1 Å². The molecule has 1 heterocycles. The normalized spacial score (nSPS) is 17.0. The highest BCUT2D eigenvalue weighted by Gasteiger charge is 2.39. The molecule has 6 nitrogen and oxygen atoms in total. The number of hydrogen-bond donors (Lipinski definition) is 1. The van der Waals surface area contributed by atoms with E-state index < -0.39 is 21.7 Å². The van der Waals surface area contributed by atoms with Gasteiger partial charge in [-0.1, -0.05) is 45.0 Å². The van der Waals surface area contributed by atoms with Gasteiger partial charge in [0.2, 0.25) is 0 Å². The van der Waals surface area contributed by atoms with Gasteiger partial charge in [-0.05, 0) is 62.4 Å². The zero-order valence-electron chi connectivity index (χ0n) is 19.1. The molecule has 1 aliphatic rings. The summed E-state index contributed by atoms with van der Waals surface area (Å²) in [6, 6.07) is 13.6. The van der Waals surface area contributed by atoms with Gasteiger partial charge in [0.25, 0.3) is 15.9 Å². The molecule has 1 atom stereocenters. The van der Waals surface area contributed by atoms with Gasteiger partial charge in [0.15, 0.2) is 6.10 Å². The first-order valence-electron chi connectivity index (χ1n) is 10.5. The molecule has 1 N–H and O–H groups in total. The number of nitrogens with zero attached hydrogens (tertiary/aromatic N) is 1. The van der Waals surface area contributed by atoms with Crippen molar-refractivity contribution in [2.24, 2.45) is 5.41 Å². The summed E-state index contributed by atoms with van der Waals surface area (Å²) < 4.78 is 34.1. The number of fused-ring (bicyclic) bond motifs is 1. The fourth-order valence-corrected chi connectivity index (χ4v) is 5.72. The standard InChI is InChI=1S/C24H32N2O4S/c1-17-12-13-20-19(14-17)26(31(28,29)18-10-8-7-9-11-18)15-21(30-20)22(27)25-24(5,6)16-23(2,3)4/h7-14,21H,15-16H2,1-6H3,(H,25,27)/t21-/m0/s1. The summed E-state index contributed by atoms with van der Waals surface area (Å²) in [6.45, 7) is 12.1. The molecule has 1 amide bonds. The Kier molecular flexibility index (Phi) is 6.11. The van der Waals surface area contributed by atoms with Gasteiger partial charge in [-0.25, -0.2) is 8.42 Å². The molecule has 0 unspecified atom stereocenters. The van der Waals surface area contributed by atoms with Gasteiger partial charge < -0.3 is 10.1 Å². The Bertz CT molecular complexity index is 1060. The van der Waals surface area contributed by atoms with E-state index in [0.29, 0.717) is 11.4 Å². The zero-order valence-corrected chi connectivity index (χ0v) is 19.9. The number of aryl methyl sites for hydroxylation is 1. The first-order valence-corrected chi connectivity index (χ1v) is 11.9. The van der Waals surface area contributed by atoms with Crippen LogP contribution in [-0.4, -0.2) is 32.5 Å². The van der Waals surface area contributed by atoms with Crippen molar-refractivity contribution in [2.75, 3.05) is 10.8 Å². The van der Waals surface area contributed by atoms with Crippen LogP contribution in [0.2, 0.25) is 0 Å². The van der Waals surface area contributed by atoms with Crippen LogP contribution in [0.15, 0.2) is 53.4 Å². The number of ether oxygens (including phenoxy) is 1. The molecule has 31 heavy (non-hydrogen) atoms. The lowest BCUT2D eigenvalue weighted by Gasteiger charge is -2.38. The number of amides is 1. The van der Waals surface area contributed by atoms with Crippen LogP contribution in [0.25, 0.3) is 0 Å². The van der Waals surface area contributed by atoms with E-state index in [4.69, 9.17) is 4.74 Å². The van der Waals surface area contributed by atoms with Gasteiger partial charge in [0.1, 0.15) is 5.75 Å². The Morgan fingerprint density at radius 3 is 2.35 bits per heavy atom. The number of rotatable bonds is 5. The predicted octanol–water partition coefficient (Wildman–Crippen LogP) is 4.28. The van der Waals surface area contributed by atoms with Crippen LogP contribution in [0.3, 0.4) is 0 Å². The minimum Gasteiger partial charge on any atom is -0.476 e. The van der Waals surface area contributed by atoms with Gasteiger partial charge in [-0.15, -0.1) is 0 Å². The van der Waals surface area contributed by atoms with Crippen molar-refractivity contribution in [3.8, 4) is 5.75 Å². The van der Waals surface area contributed by atoms with Crippen LogP contribution in [0.1, 0.15) is 46.6 Å². The van der Waals surface area contributed by atoms with Crippen molar-refractivity contribution in [2.45, 2.75) is 64.5 Å². The Balaban J connectivity index is 1.94. The van der Waals surface area contributed by atoms with Crippen molar-refractivity contribution < 1.29 is 17.9 Å². The monoisotopic (exact) mass is 444 g/mol. The maximum atomic E-state index is 13.4. The number of carbonyl (C=O) groups is 1. The van der Waals surface area contributed by atoms with Gasteiger partial charge in [-0.3, -0.25) is 9.10 Å². The molecule has 0 aliphatic carbocycles. The highest BCUT2D eigenvalue weighted by atomic mass is 32.2. The summed E-state index contributed by atoms with van der Waals surface area (Å²) >= 11 is 0. The Labute approximate surface area is 185 Å². The summed E-state index contributed by atoms with van der Waals surface area (Å²) in [6.07, 6.45) is -0.187. The quantitative estimate of drug-likeness (QED) is 0.747. The maximum absolute atomic E-state index is 13.4. The molecular formula is C24H32N2O4S. The molecule has 0 aromatic heterocycles. The largest absolute Gasteiger partial charge is 0.476 e. The third-order valence-electron chi connectivity index (χ3n) is 5.04. The number of hydrogen-bond acceptors (Lipinski definition) is 4. The SMILES string of the molecule is Cc1ccc2c(c1)N(S(=O)(=O)c1ccccc1)C[C@@H](C(=O)NC(C)(C)CC(C)(C)C)O2. The van der Waals surface area contributed by atoms with E-state index >= 15 is 0 Å². The molecule has 2 aromatic carbocycles. The molecule has 7 heteroatoms. The van der Waals surface area contributed by atoms with E-state index in [0.717, 1.165) is 12.0 Å². The first kappa shape index (κ1) is 23.1. The third-order valence-corrected chi connectivity index (χ3v) is 6.84. The number of carbonyl (C=O) groups excluding carboxylic acids is 1. The Morgan fingerprint density at radius 1 is 1.10 bits per heavy atom. The molecule has 0 bridgehead atoms. The van der Waals surface area contributed by atoms with Crippen LogP contribution in [0.5, 0.6) is 5.75 Å². The predicted molar refractivity (Wildman–Crippen MR) is 123 cm³/mol. The summed E-state index contributed by atoms with van der Waals surface area (Å²) in [5, 5.41) is 3.05. The summed E-state index contributed by atoms with van der Waals surface area (Å²) in [4.78, 5) is 13.3. The number of nitrogens with one attached hydrogen (secondary N) is 1. The molecule has 3 rings (SSSR count). The minimum atomic E-state index is -3.86. The highest BCUT2D eigenvalue weighted by Crippen LogP contribution is 2.38. The van der Waals surface area contributed by atoms with Crippen molar-refractivity contribution >= 4 is 21.6 Å². The van der Waals surface area contributed by atoms with Crippen molar-refractivity contribution in [1.29, 1.82) is 0 Å². The minimum absolute atomic E-state index is 0.0248. The zero-order chi connectivity index (χ0) is 23.0. The lowest BCUT2D eigenvalue weighted by Crippen LogP contribution is -2.55. The van der Waals surface area contributed by atoms with Crippen LogP contribution in [-0.2, 0) is 14.8 Å². The van der Waals surface area contributed by atoms with Gasteiger partial charge in [0, 0.05) is 5.54 Å². The van der Waals surface area contributed by atoms with Crippen LogP contribution in [0.4, 0.5) is 5.69 Å². The molecule has 0 radical (unpaired) electrons. The van der Waals surface area contributed by atoms with E-state index in [9.17, 15) is 13.2 Å². The third kappa shape index (κ3) is 5.39. The molecular weight excluding hydrogens is 412 g/mol. The first-order chi connectivity index (χ1) is 14.3. The Morgan fingerprint density at radius 2 is 1.74 bits per heavy atom. The molecule has 0 fully saturated rings. The molecule has 1 aliphatic heterocycles. The lowest BCUT2D eigenvalue weighted by molar-refractivity contribution is -0.129. The van der Waals surface area contributed by atoms with Crippen molar-refractivity contribution in [3.63, 3.8) is 0 Å². The van der Waals surface area contributed by atoms with Crippen molar-refractivity contribution in [1.82, 2.24) is 5.32 Å². The average Bonchev–Trinajstić information content (AvgIpc) is 2.65.